The Morgan fingerprint density at radius 2 is 1.71 bits per heavy atom. The van der Waals surface area contributed by atoms with Gasteiger partial charge in [0.1, 0.15) is 11.3 Å². The molecule has 0 unspecified atom stereocenters. The quantitative estimate of drug-likeness (QED) is 0.700. The van der Waals surface area contributed by atoms with E-state index in [4.69, 9.17) is 4.52 Å². The van der Waals surface area contributed by atoms with Crippen LogP contribution in [0.1, 0.15) is 34.3 Å². The van der Waals surface area contributed by atoms with Crippen LogP contribution in [0.25, 0.3) is 0 Å². The topological polar surface area (TPSA) is 75.4 Å². The fourth-order valence-corrected chi connectivity index (χ4v) is 3.09. The van der Waals surface area contributed by atoms with E-state index in [-0.39, 0.29) is 11.8 Å². The van der Waals surface area contributed by atoms with Crippen LogP contribution in [0.3, 0.4) is 0 Å². The Morgan fingerprint density at radius 3 is 2.29 bits per heavy atom. The molecule has 1 heterocycles. The summed E-state index contributed by atoms with van der Waals surface area (Å²) in [5.74, 6) is 0.250. The van der Waals surface area contributed by atoms with Crippen molar-refractivity contribution in [2.24, 2.45) is 0 Å². The van der Waals surface area contributed by atoms with Crippen molar-refractivity contribution in [2.45, 2.75) is 27.2 Å². The Morgan fingerprint density at radius 1 is 1.04 bits per heavy atom. The lowest BCUT2D eigenvalue weighted by Crippen LogP contribution is -2.31. The molecule has 0 aliphatic carbocycles. The minimum Gasteiger partial charge on any atom is -0.361 e. The lowest BCUT2D eigenvalue weighted by atomic mass is 10.1. The fraction of sp³-hybridized carbons (Fsp3) is 0.227. The summed E-state index contributed by atoms with van der Waals surface area (Å²) < 4.78 is 5.03. The highest BCUT2D eigenvalue weighted by Gasteiger charge is 2.18. The first kappa shape index (κ1) is 19.4. The average molecular weight is 377 g/mol. The van der Waals surface area contributed by atoms with Crippen LogP contribution in [0.2, 0.25) is 0 Å². The first-order chi connectivity index (χ1) is 13.5. The van der Waals surface area contributed by atoms with Crippen LogP contribution in [0.4, 0.5) is 11.4 Å². The van der Waals surface area contributed by atoms with Crippen molar-refractivity contribution in [1.29, 1.82) is 0 Å². The third-order valence-electron chi connectivity index (χ3n) is 4.51. The van der Waals surface area contributed by atoms with Crippen molar-refractivity contribution in [3.8, 4) is 0 Å². The number of rotatable bonds is 6. The van der Waals surface area contributed by atoms with E-state index in [0.717, 1.165) is 11.3 Å². The van der Waals surface area contributed by atoms with Gasteiger partial charge in [-0.1, -0.05) is 35.5 Å². The SMILES string of the molecule is CCN(C(=O)Cc1ccc(NC(=O)c2c(C)noc2C)cc1)c1ccccc1. The Balaban J connectivity index is 1.66. The number of hydrogen-bond acceptors (Lipinski definition) is 4. The van der Waals surface area contributed by atoms with Gasteiger partial charge in [-0.25, -0.2) is 0 Å². The minimum absolute atomic E-state index is 0.0289. The van der Waals surface area contributed by atoms with Gasteiger partial charge in [0.25, 0.3) is 5.91 Å². The summed E-state index contributed by atoms with van der Waals surface area (Å²) in [6, 6.07) is 16.9. The molecule has 28 heavy (non-hydrogen) atoms. The number of hydrogen-bond donors (Lipinski definition) is 1. The van der Waals surface area contributed by atoms with Crippen LogP contribution in [-0.4, -0.2) is 23.5 Å². The van der Waals surface area contributed by atoms with Crippen molar-refractivity contribution in [3.63, 3.8) is 0 Å². The second kappa shape index (κ2) is 8.52. The molecule has 0 aliphatic heterocycles. The number of carbonyl (C=O) groups excluding carboxylic acids is 2. The Bertz CT molecular complexity index is 943. The van der Waals surface area contributed by atoms with E-state index in [0.29, 0.717) is 35.7 Å². The zero-order valence-electron chi connectivity index (χ0n) is 16.2. The molecule has 3 aromatic rings. The Hall–Kier alpha value is -3.41. The zero-order valence-corrected chi connectivity index (χ0v) is 16.2. The molecule has 6 nitrogen and oxygen atoms in total. The number of benzene rings is 2. The molecule has 0 saturated heterocycles. The van der Waals surface area contributed by atoms with Crippen molar-refractivity contribution in [1.82, 2.24) is 5.16 Å². The van der Waals surface area contributed by atoms with Crippen molar-refractivity contribution >= 4 is 23.2 Å². The highest BCUT2D eigenvalue weighted by Crippen LogP contribution is 2.18. The number of amides is 2. The number of para-hydroxylation sites is 1. The predicted molar refractivity (Wildman–Crippen MR) is 109 cm³/mol. The standard InChI is InChI=1S/C22H23N3O3/c1-4-25(19-8-6-5-7-9-19)20(26)14-17-10-12-18(13-11-17)23-22(27)21-15(2)24-28-16(21)3/h5-13H,4,14H2,1-3H3,(H,23,27). The van der Waals surface area contributed by atoms with Gasteiger partial charge in [0.15, 0.2) is 0 Å². The van der Waals surface area contributed by atoms with E-state index >= 15 is 0 Å². The summed E-state index contributed by atoms with van der Waals surface area (Å²) in [6.07, 6.45) is 0.292. The molecular formula is C22H23N3O3. The van der Waals surface area contributed by atoms with E-state index in [9.17, 15) is 9.59 Å². The first-order valence-corrected chi connectivity index (χ1v) is 9.18. The Kier molecular flexibility index (Phi) is 5.89. The molecular weight excluding hydrogens is 354 g/mol. The van der Waals surface area contributed by atoms with Crippen LogP contribution in [-0.2, 0) is 11.2 Å². The van der Waals surface area contributed by atoms with Gasteiger partial charge in [-0.3, -0.25) is 9.59 Å². The molecule has 2 aromatic carbocycles. The molecule has 0 fully saturated rings. The van der Waals surface area contributed by atoms with Gasteiger partial charge in [0.05, 0.1) is 12.1 Å². The van der Waals surface area contributed by atoms with Crippen molar-refractivity contribution < 1.29 is 14.1 Å². The molecule has 1 aromatic heterocycles. The molecule has 1 N–H and O–H groups in total. The number of likely N-dealkylation sites (N-methyl/N-ethyl adjacent to an activating group) is 1. The van der Waals surface area contributed by atoms with E-state index in [1.807, 2.05) is 49.4 Å². The molecule has 0 bridgehead atoms. The monoisotopic (exact) mass is 377 g/mol. The van der Waals surface area contributed by atoms with Gasteiger partial charge in [0.2, 0.25) is 5.91 Å². The lowest BCUT2D eigenvalue weighted by molar-refractivity contribution is -0.117. The summed E-state index contributed by atoms with van der Waals surface area (Å²) in [5.41, 5.74) is 3.42. The Labute approximate surface area is 164 Å². The molecule has 0 saturated carbocycles. The van der Waals surface area contributed by atoms with Crippen LogP contribution in [0.15, 0.2) is 59.1 Å². The number of aryl methyl sites for hydroxylation is 2. The maximum Gasteiger partial charge on any atom is 0.261 e. The third-order valence-corrected chi connectivity index (χ3v) is 4.51. The van der Waals surface area contributed by atoms with Crippen LogP contribution >= 0.6 is 0 Å². The summed E-state index contributed by atoms with van der Waals surface area (Å²) in [6.45, 7) is 5.99. The fourth-order valence-electron chi connectivity index (χ4n) is 3.09. The molecule has 0 radical (unpaired) electrons. The molecule has 2 amide bonds. The second-order valence-electron chi connectivity index (χ2n) is 6.50. The number of aromatic nitrogens is 1. The molecule has 3 rings (SSSR count). The average Bonchev–Trinajstić information content (AvgIpc) is 3.03. The summed E-state index contributed by atoms with van der Waals surface area (Å²) in [5, 5.41) is 6.63. The van der Waals surface area contributed by atoms with Gasteiger partial charge in [0, 0.05) is 17.9 Å². The maximum atomic E-state index is 12.7. The van der Waals surface area contributed by atoms with Crippen LogP contribution in [0.5, 0.6) is 0 Å². The maximum absolute atomic E-state index is 12.7. The predicted octanol–water partition coefficient (Wildman–Crippen LogP) is 4.14. The van der Waals surface area contributed by atoms with E-state index in [1.54, 1.807) is 30.9 Å². The van der Waals surface area contributed by atoms with Gasteiger partial charge >= 0.3 is 0 Å². The number of carbonyl (C=O) groups is 2. The van der Waals surface area contributed by atoms with Crippen LogP contribution < -0.4 is 10.2 Å². The third kappa shape index (κ3) is 4.28. The van der Waals surface area contributed by atoms with Crippen molar-refractivity contribution in [3.05, 3.63) is 77.2 Å². The number of nitrogens with one attached hydrogen (secondary N) is 1. The molecule has 0 atom stereocenters. The zero-order chi connectivity index (χ0) is 20.1. The molecule has 6 heteroatoms. The lowest BCUT2D eigenvalue weighted by Gasteiger charge is -2.21. The normalized spacial score (nSPS) is 10.5. The molecule has 0 spiro atoms. The highest BCUT2D eigenvalue weighted by atomic mass is 16.5. The highest BCUT2D eigenvalue weighted by molar-refractivity contribution is 6.05. The summed E-state index contributed by atoms with van der Waals surface area (Å²) >= 11 is 0. The van der Waals surface area contributed by atoms with Crippen LogP contribution in [0, 0.1) is 13.8 Å². The van der Waals surface area contributed by atoms with Gasteiger partial charge in [-0.2, -0.15) is 0 Å². The van der Waals surface area contributed by atoms with E-state index < -0.39 is 0 Å². The number of nitrogens with zero attached hydrogens (tertiary/aromatic N) is 2. The largest absolute Gasteiger partial charge is 0.361 e. The smallest absolute Gasteiger partial charge is 0.261 e. The second-order valence-corrected chi connectivity index (χ2v) is 6.50. The summed E-state index contributed by atoms with van der Waals surface area (Å²) in [7, 11) is 0. The van der Waals surface area contributed by atoms with E-state index in [1.165, 1.54) is 0 Å². The van der Waals surface area contributed by atoms with Crippen molar-refractivity contribution in [2.75, 3.05) is 16.8 Å². The summed E-state index contributed by atoms with van der Waals surface area (Å²) in [4.78, 5) is 26.8. The van der Waals surface area contributed by atoms with Gasteiger partial charge < -0.3 is 14.7 Å². The van der Waals surface area contributed by atoms with Gasteiger partial charge in [-0.05, 0) is 50.6 Å². The first-order valence-electron chi connectivity index (χ1n) is 9.18. The van der Waals surface area contributed by atoms with Gasteiger partial charge in [-0.15, -0.1) is 0 Å². The minimum atomic E-state index is -0.263. The molecule has 0 aliphatic rings. The number of anilines is 2. The van der Waals surface area contributed by atoms with E-state index in [2.05, 4.69) is 10.5 Å². The molecule has 144 valence electrons.